The molecule has 0 aliphatic heterocycles. The van der Waals surface area contributed by atoms with Crippen molar-refractivity contribution >= 4 is 0 Å². The average molecular weight is 255 g/mol. The molecule has 0 saturated heterocycles. The van der Waals surface area contributed by atoms with Gasteiger partial charge in [-0.3, -0.25) is 0 Å². The summed E-state index contributed by atoms with van der Waals surface area (Å²) in [6, 6.07) is 0. The molecular weight excluding hydrogens is 216 g/mol. The van der Waals surface area contributed by atoms with E-state index in [9.17, 15) is 0 Å². The summed E-state index contributed by atoms with van der Waals surface area (Å²) in [6.07, 6.45) is 23.4. The van der Waals surface area contributed by atoms with Crippen molar-refractivity contribution in [1.82, 2.24) is 0 Å². The lowest BCUT2D eigenvalue weighted by Gasteiger charge is -2.05. The molecule has 0 atom stereocenters. The predicted octanol–water partition coefficient (Wildman–Crippen LogP) is 7.27. The van der Waals surface area contributed by atoms with Crippen LogP contribution < -0.4 is 0 Å². The molecule has 1 aliphatic rings. The van der Waals surface area contributed by atoms with E-state index in [1.165, 1.54) is 103 Å². The molecule has 0 aromatic heterocycles. The first-order valence-electron chi connectivity index (χ1n) is 8.91. The van der Waals surface area contributed by atoms with Gasteiger partial charge in [0.05, 0.1) is 0 Å². The van der Waals surface area contributed by atoms with E-state index in [2.05, 4.69) is 13.8 Å². The van der Waals surface area contributed by atoms with Gasteiger partial charge in [0.1, 0.15) is 0 Å². The van der Waals surface area contributed by atoms with Gasteiger partial charge in [-0.15, -0.1) is 0 Å². The molecule has 0 radical (unpaired) electrons. The van der Waals surface area contributed by atoms with Crippen LogP contribution in [0.1, 0.15) is 117 Å². The molecule has 0 nitrogen and oxygen atoms in total. The maximum atomic E-state index is 2.28. The average Bonchev–Trinajstić information content (AvgIpc) is 2.44. The van der Waals surface area contributed by atoms with Gasteiger partial charge < -0.3 is 0 Å². The van der Waals surface area contributed by atoms with Crippen LogP contribution in [0, 0.1) is 0 Å². The van der Waals surface area contributed by atoms with Crippen LogP contribution in [-0.2, 0) is 0 Å². The second kappa shape index (κ2) is 17.0. The van der Waals surface area contributed by atoms with Crippen molar-refractivity contribution in [2.75, 3.05) is 0 Å². The van der Waals surface area contributed by atoms with Crippen molar-refractivity contribution < 1.29 is 0 Å². The molecule has 18 heavy (non-hydrogen) atoms. The molecule has 1 fully saturated rings. The van der Waals surface area contributed by atoms with Crippen LogP contribution in [0.2, 0.25) is 0 Å². The highest BCUT2D eigenvalue weighted by atomic mass is 14.0. The number of rotatable bonds is 9. The molecule has 1 rings (SSSR count). The maximum Gasteiger partial charge on any atom is -0.0533 e. The second-order valence-corrected chi connectivity index (χ2v) is 5.95. The molecule has 110 valence electrons. The van der Waals surface area contributed by atoms with Gasteiger partial charge in [0.25, 0.3) is 0 Å². The molecule has 0 spiro atoms. The van der Waals surface area contributed by atoms with Gasteiger partial charge in [-0.1, -0.05) is 117 Å². The minimum absolute atomic E-state index is 1.37. The summed E-state index contributed by atoms with van der Waals surface area (Å²) < 4.78 is 0. The summed E-state index contributed by atoms with van der Waals surface area (Å²) in [5.41, 5.74) is 0. The van der Waals surface area contributed by atoms with E-state index in [4.69, 9.17) is 0 Å². The first kappa shape index (κ1) is 18.0. The van der Waals surface area contributed by atoms with Crippen LogP contribution in [-0.4, -0.2) is 0 Å². The topological polar surface area (TPSA) is 0 Å². The molecule has 0 aromatic rings. The monoisotopic (exact) mass is 254 g/mol. The minimum atomic E-state index is 1.37. The number of hydrogen-bond acceptors (Lipinski definition) is 0. The summed E-state index contributed by atoms with van der Waals surface area (Å²) in [4.78, 5) is 0. The molecule has 0 aromatic carbocycles. The molecule has 0 N–H and O–H groups in total. The van der Waals surface area contributed by atoms with E-state index in [1.54, 1.807) is 0 Å². The van der Waals surface area contributed by atoms with Gasteiger partial charge >= 0.3 is 0 Å². The highest BCUT2D eigenvalue weighted by molar-refractivity contribution is 4.51. The van der Waals surface area contributed by atoms with Gasteiger partial charge in [-0.05, 0) is 0 Å². The molecule has 1 aliphatic carbocycles. The Bertz CT molecular complexity index is 102. The Morgan fingerprint density at radius 2 is 0.611 bits per heavy atom. The lowest BCUT2D eigenvalue weighted by Crippen LogP contribution is -1.85. The molecule has 0 unspecified atom stereocenters. The molecule has 0 heterocycles. The van der Waals surface area contributed by atoms with Crippen LogP contribution in [0.15, 0.2) is 0 Å². The van der Waals surface area contributed by atoms with Crippen LogP contribution in [0.4, 0.5) is 0 Å². The summed E-state index contributed by atoms with van der Waals surface area (Å²) in [6.45, 7) is 4.56. The van der Waals surface area contributed by atoms with Gasteiger partial charge in [0.15, 0.2) is 0 Å². The highest BCUT2D eigenvalue weighted by Gasteiger charge is 1.95. The molecule has 0 heteroatoms. The Morgan fingerprint density at radius 3 is 0.833 bits per heavy atom. The quantitative estimate of drug-likeness (QED) is 0.380. The third kappa shape index (κ3) is 16.0. The largest absolute Gasteiger partial charge is 0.0654 e. The van der Waals surface area contributed by atoms with Crippen LogP contribution >= 0.6 is 0 Å². The smallest absolute Gasteiger partial charge is 0.0533 e. The predicted molar refractivity (Wildman–Crippen MR) is 85.2 cm³/mol. The second-order valence-electron chi connectivity index (χ2n) is 5.95. The van der Waals surface area contributed by atoms with Gasteiger partial charge in [0.2, 0.25) is 0 Å². The van der Waals surface area contributed by atoms with Crippen molar-refractivity contribution in [3.8, 4) is 0 Å². The lowest BCUT2D eigenvalue weighted by atomic mass is 10.0. The van der Waals surface area contributed by atoms with E-state index < -0.39 is 0 Å². The molecular formula is C18H38. The number of hydrogen-bond donors (Lipinski definition) is 0. The summed E-state index contributed by atoms with van der Waals surface area (Å²) in [5, 5.41) is 0. The first-order valence-corrected chi connectivity index (χ1v) is 8.91. The molecule has 0 amide bonds. The van der Waals surface area contributed by atoms with Crippen LogP contribution in [0.25, 0.3) is 0 Å². The summed E-state index contributed by atoms with van der Waals surface area (Å²) in [5.74, 6) is 0. The summed E-state index contributed by atoms with van der Waals surface area (Å²) in [7, 11) is 0. The van der Waals surface area contributed by atoms with Crippen molar-refractivity contribution in [2.45, 2.75) is 117 Å². The number of unbranched alkanes of at least 4 members (excludes halogenated alkanes) is 9. The van der Waals surface area contributed by atoms with E-state index in [1.807, 2.05) is 0 Å². The Balaban J connectivity index is 0.000000397. The van der Waals surface area contributed by atoms with Crippen molar-refractivity contribution in [3.63, 3.8) is 0 Å². The van der Waals surface area contributed by atoms with Gasteiger partial charge in [-0.2, -0.15) is 0 Å². The van der Waals surface area contributed by atoms with Crippen LogP contribution in [0.3, 0.4) is 0 Å². The third-order valence-corrected chi connectivity index (χ3v) is 3.96. The van der Waals surface area contributed by atoms with Gasteiger partial charge in [-0.25, -0.2) is 0 Å². The van der Waals surface area contributed by atoms with Crippen LogP contribution in [0.5, 0.6) is 0 Å². The summed E-state index contributed by atoms with van der Waals surface area (Å²) >= 11 is 0. The van der Waals surface area contributed by atoms with E-state index in [0.29, 0.717) is 0 Å². The normalized spacial score (nSPS) is 15.0. The zero-order chi connectivity index (χ0) is 13.3. The minimum Gasteiger partial charge on any atom is -0.0654 e. The maximum absolute atomic E-state index is 2.28. The zero-order valence-electron chi connectivity index (χ0n) is 13.3. The fourth-order valence-electron chi connectivity index (χ4n) is 2.62. The van der Waals surface area contributed by atoms with E-state index in [-0.39, 0.29) is 0 Å². The van der Waals surface area contributed by atoms with E-state index in [0.717, 1.165) is 0 Å². The molecule has 1 saturated carbocycles. The standard InChI is InChI=1S/C12H26.C6H12/c1-3-5-7-9-11-12-10-8-6-4-2;1-2-4-6-5-3-1/h3-12H2,1-2H3;1-6H2. The molecule has 0 bridgehead atoms. The fourth-order valence-corrected chi connectivity index (χ4v) is 2.62. The SMILES string of the molecule is C1CCCCC1.CCCCCCCCCCCC. The zero-order valence-corrected chi connectivity index (χ0v) is 13.3. The van der Waals surface area contributed by atoms with E-state index >= 15 is 0 Å². The Kier molecular flexibility index (Phi) is 17.0. The third-order valence-electron chi connectivity index (χ3n) is 3.96. The Labute approximate surface area is 117 Å². The van der Waals surface area contributed by atoms with Crippen molar-refractivity contribution in [3.05, 3.63) is 0 Å². The van der Waals surface area contributed by atoms with Gasteiger partial charge in [0, 0.05) is 0 Å². The van der Waals surface area contributed by atoms with Crippen molar-refractivity contribution in [2.24, 2.45) is 0 Å². The fraction of sp³-hybridized carbons (Fsp3) is 1.00. The first-order chi connectivity index (χ1) is 8.91. The van der Waals surface area contributed by atoms with Crippen molar-refractivity contribution in [1.29, 1.82) is 0 Å². The lowest BCUT2D eigenvalue weighted by molar-refractivity contribution is 0.504. The Morgan fingerprint density at radius 1 is 0.389 bits per heavy atom. The Hall–Kier alpha value is 0. The highest BCUT2D eigenvalue weighted by Crippen LogP contribution is 2.15.